The molecule has 0 bridgehead atoms. The number of amidine groups is 1. The van der Waals surface area contributed by atoms with Gasteiger partial charge in [0.15, 0.2) is 11.9 Å². The van der Waals surface area contributed by atoms with Crippen molar-refractivity contribution in [1.82, 2.24) is 10.3 Å². The Morgan fingerprint density at radius 1 is 1.11 bits per heavy atom. The van der Waals surface area contributed by atoms with Crippen LogP contribution in [0.1, 0.15) is 39.7 Å². The maximum Gasteiger partial charge on any atom is 0.277 e. The zero-order chi connectivity index (χ0) is 26.5. The van der Waals surface area contributed by atoms with E-state index in [9.17, 15) is 14.4 Å². The van der Waals surface area contributed by atoms with Gasteiger partial charge in [-0.05, 0) is 67.6 Å². The normalized spacial score (nSPS) is 14.9. The summed E-state index contributed by atoms with van der Waals surface area (Å²) in [5.74, 6) is -0.237. The van der Waals surface area contributed by atoms with Crippen molar-refractivity contribution >= 4 is 46.7 Å². The Balaban J connectivity index is 1.45. The van der Waals surface area contributed by atoms with Crippen molar-refractivity contribution in [3.8, 4) is 5.75 Å². The summed E-state index contributed by atoms with van der Waals surface area (Å²) < 4.78 is 5.98. The third kappa shape index (κ3) is 6.13. The van der Waals surface area contributed by atoms with Crippen LogP contribution in [0.15, 0.2) is 70.7 Å². The van der Waals surface area contributed by atoms with Crippen LogP contribution in [0.5, 0.6) is 5.75 Å². The van der Waals surface area contributed by atoms with Crippen LogP contribution in [0.25, 0.3) is 6.08 Å². The number of ether oxygens (including phenoxy) is 1. The van der Waals surface area contributed by atoms with E-state index in [1.807, 2.05) is 56.5 Å². The molecule has 4 rings (SSSR count). The molecule has 0 radical (unpaired) electrons. The van der Waals surface area contributed by atoms with Crippen LogP contribution >= 0.6 is 11.3 Å². The van der Waals surface area contributed by atoms with Gasteiger partial charge < -0.3 is 15.4 Å². The fourth-order valence-electron chi connectivity index (χ4n) is 3.81. The highest BCUT2D eigenvalue weighted by Crippen LogP contribution is 2.22. The summed E-state index contributed by atoms with van der Waals surface area (Å²) >= 11 is 1.48. The minimum Gasteiger partial charge on any atom is -0.480 e. The van der Waals surface area contributed by atoms with E-state index in [-0.39, 0.29) is 17.6 Å². The van der Waals surface area contributed by atoms with E-state index in [2.05, 4.69) is 15.7 Å². The van der Waals surface area contributed by atoms with Crippen LogP contribution in [0, 0.1) is 13.8 Å². The molecule has 2 aromatic carbocycles. The molecule has 37 heavy (non-hydrogen) atoms. The molecule has 2 N–H and O–H groups in total. The molecule has 190 valence electrons. The van der Waals surface area contributed by atoms with Crippen molar-refractivity contribution in [2.75, 3.05) is 12.4 Å². The van der Waals surface area contributed by atoms with Gasteiger partial charge in [-0.15, -0.1) is 11.3 Å². The summed E-state index contributed by atoms with van der Waals surface area (Å²) in [4.78, 5) is 39.4. The Bertz CT molecular complexity index is 1390. The van der Waals surface area contributed by atoms with Gasteiger partial charge in [0.05, 0.1) is 5.57 Å². The lowest BCUT2D eigenvalue weighted by Crippen LogP contribution is -2.33. The average molecular weight is 517 g/mol. The van der Waals surface area contributed by atoms with E-state index >= 15 is 0 Å². The molecular formula is C28H28N4O4S. The van der Waals surface area contributed by atoms with Crippen LogP contribution < -0.4 is 15.4 Å². The number of nitrogens with one attached hydrogen (secondary N) is 2. The Kier molecular flexibility index (Phi) is 7.83. The summed E-state index contributed by atoms with van der Waals surface area (Å²) in [6.45, 7) is 5.82. The Morgan fingerprint density at radius 2 is 1.92 bits per heavy atom. The van der Waals surface area contributed by atoms with Crippen molar-refractivity contribution in [3.63, 3.8) is 0 Å². The largest absolute Gasteiger partial charge is 0.480 e. The number of likely N-dealkylation sites (N-methyl/N-ethyl adjacent to an activating group) is 1. The van der Waals surface area contributed by atoms with Gasteiger partial charge >= 0.3 is 0 Å². The molecule has 1 atom stereocenters. The van der Waals surface area contributed by atoms with Gasteiger partial charge in [-0.2, -0.15) is 5.10 Å². The topological polar surface area (TPSA) is 100 Å². The predicted octanol–water partition coefficient (Wildman–Crippen LogP) is 4.76. The number of carbonyl (C=O) groups is 3. The number of thiophene rings is 1. The third-order valence-electron chi connectivity index (χ3n) is 5.75. The van der Waals surface area contributed by atoms with Crippen LogP contribution in [-0.2, 0) is 9.59 Å². The van der Waals surface area contributed by atoms with Crippen LogP contribution in [0.4, 0.5) is 5.69 Å². The molecule has 1 unspecified atom stereocenters. The number of hydrazone groups is 1. The number of rotatable bonds is 7. The summed E-state index contributed by atoms with van der Waals surface area (Å²) in [7, 11) is 1.53. The maximum atomic E-state index is 13.0. The molecule has 2 heterocycles. The number of benzene rings is 2. The third-order valence-corrected chi connectivity index (χ3v) is 6.57. The quantitative estimate of drug-likeness (QED) is 0.442. The van der Waals surface area contributed by atoms with Crippen LogP contribution in [0.2, 0.25) is 0 Å². The maximum absolute atomic E-state index is 13.0. The number of hydrogen-bond donors (Lipinski definition) is 2. The molecule has 8 nitrogen and oxygen atoms in total. The number of anilines is 1. The molecule has 3 amide bonds. The first-order valence-electron chi connectivity index (χ1n) is 11.8. The van der Waals surface area contributed by atoms with E-state index < -0.39 is 12.0 Å². The molecule has 1 aliphatic heterocycles. The standard InChI is InChI=1S/C28H28N4O4S/c1-5-23(36-24-12-11-17(2)14-18(24)3)27(34)29-20-9-6-8-19(15-20)26(33)30-25-22(28(35)32(4)31-25)16-21-10-7-13-37-21/h6-16,23H,5H2,1-4H3,(H,29,34)(H,30,31,33). The molecule has 9 heteroatoms. The Hall–Kier alpha value is -4.24. The first-order chi connectivity index (χ1) is 17.7. The highest BCUT2D eigenvalue weighted by atomic mass is 32.1. The van der Waals surface area contributed by atoms with Gasteiger partial charge in [-0.3, -0.25) is 14.4 Å². The summed E-state index contributed by atoms with van der Waals surface area (Å²) in [6, 6.07) is 16.1. The van der Waals surface area contributed by atoms with Gasteiger partial charge in [-0.1, -0.05) is 36.8 Å². The second-order valence-electron chi connectivity index (χ2n) is 8.66. The predicted molar refractivity (Wildman–Crippen MR) is 146 cm³/mol. The van der Waals surface area contributed by atoms with Gasteiger partial charge in [0.25, 0.3) is 17.7 Å². The number of hydrogen-bond acceptors (Lipinski definition) is 6. The van der Waals surface area contributed by atoms with E-state index in [4.69, 9.17) is 4.74 Å². The highest BCUT2D eigenvalue weighted by Gasteiger charge is 2.29. The number of aryl methyl sites for hydroxylation is 2. The highest BCUT2D eigenvalue weighted by molar-refractivity contribution is 7.10. The first kappa shape index (κ1) is 25.8. The van der Waals surface area contributed by atoms with Crippen LogP contribution in [-0.4, -0.2) is 41.7 Å². The van der Waals surface area contributed by atoms with Crippen molar-refractivity contribution in [2.24, 2.45) is 5.10 Å². The summed E-state index contributed by atoms with van der Waals surface area (Å²) in [5.41, 5.74) is 3.14. The van der Waals surface area contributed by atoms with Crippen LogP contribution in [0.3, 0.4) is 0 Å². The van der Waals surface area contributed by atoms with E-state index in [0.717, 1.165) is 16.0 Å². The fraction of sp³-hybridized carbons (Fsp3) is 0.214. The zero-order valence-electron chi connectivity index (χ0n) is 21.1. The molecule has 0 spiro atoms. The molecule has 0 aliphatic carbocycles. The molecular weight excluding hydrogens is 488 g/mol. The van der Waals surface area contributed by atoms with Crippen molar-refractivity contribution in [1.29, 1.82) is 0 Å². The first-order valence-corrected chi connectivity index (χ1v) is 12.7. The minimum atomic E-state index is -0.696. The van der Waals surface area contributed by atoms with Gasteiger partial charge in [0.1, 0.15) is 5.75 Å². The lowest BCUT2D eigenvalue weighted by molar-refractivity contribution is -0.124. The number of nitrogens with zero attached hydrogens (tertiary/aromatic N) is 2. The second-order valence-corrected chi connectivity index (χ2v) is 9.64. The average Bonchev–Trinajstić information content (AvgIpc) is 3.48. The molecule has 0 saturated heterocycles. The van der Waals surface area contributed by atoms with Crippen molar-refractivity contribution in [2.45, 2.75) is 33.3 Å². The van der Waals surface area contributed by atoms with Crippen molar-refractivity contribution in [3.05, 3.63) is 87.1 Å². The lowest BCUT2D eigenvalue weighted by atomic mass is 10.1. The molecule has 0 fully saturated rings. The molecule has 3 aromatic rings. The van der Waals surface area contributed by atoms with E-state index in [0.29, 0.717) is 29.0 Å². The van der Waals surface area contributed by atoms with Gasteiger partial charge in [0.2, 0.25) is 0 Å². The number of carbonyl (C=O) groups excluding carboxylic acids is 3. The summed E-state index contributed by atoms with van der Waals surface area (Å²) in [5, 5.41) is 12.8. The zero-order valence-corrected chi connectivity index (χ0v) is 21.9. The van der Waals surface area contributed by atoms with E-state index in [1.54, 1.807) is 30.3 Å². The molecule has 1 aliphatic rings. The minimum absolute atomic E-state index is 0.174. The van der Waals surface area contributed by atoms with Gasteiger partial charge in [-0.25, -0.2) is 5.01 Å². The van der Waals surface area contributed by atoms with Gasteiger partial charge in [0, 0.05) is 23.2 Å². The van der Waals surface area contributed by atoms with Crippen molar-refractivity contribution < 1.29 is 19.1 Å². The van der Waals surface area contributed by atoms with E-state index in [1.165, 1.54) is 23.4 Å². The fourth-order valence-corrected chi connectivity index (χ4v) is 4.47. The lowest BCUT2D eigenvalue weighted by Gasteiger charge is -2.19. The SMILES string of the molecule is CCC(Oc1ccc(C)cc1C)C(=O)Nc1cccc(C(=O)NC2=NN(C)C(=O)C2=Cc2cccs2)c1. The number of amides is 3. The second kappa shape index (κ2) is 11.2. The molecule has 1 aromatic heterocycles. The Labute approximate surface area is 219 Å². The Morgan fingerprint density at radius 3 is 2.62 bits per heavy atom. The molecule has 0 saturated carbocycles. The smallest absolute Gasteiger partial charge is 0.277 e. The monoisotopic (exact) mass is 516 g/mol. The summed E-state index contributed by atoms with van der Waals surface area (Å²) in [6.07, 6.45) is 1.48.